The number of rotatable bonds is 5. The summed E-state index contributed by atoms with van der Waals surface area (Å²) in [7, 11) is 1.65. The van der Waals surface area contributed by atoms with Crippen LogP contribution >= 0.6 is 11.3 Å². The molecule has 2 rings (SSSR count). The van der Waals surface area contributed by atoms with Gasteiger partial charge in [0.15, 0.2) is 0 Å². The lowest BCUT2D eigenvalue weighted by atomic mass is 10.2. The number of nitrogens with two attached hydrogens (primary N) is 1. The molecular weight excluding hydrogens is 244 g/mol. The molecule has 0 aliphatic carbocycles. The molecule has 0 bridgehead atoms. The van der Waals surface area contributed by atoms with E-state index in [9.17, 15) is 0 Å². The van der Waals surface area contributed by atoms with Gasteiger partial charge in [0.25, 0.3) is 0 Å². The van der Waals surface area contributed by atoms with Crippen LogP contribution in [0.1, 0.15) is 16.7 Å². The van der Waals surface area contributed by atoms with Gasteiger partial charge in [0, 0.05) is 22.4 Å². The van der Waals surface area contributed by atoms with Gasteiger partial charge in [-0.3, -0.25) is 0 Å². The van der Waals surface area contributed by atoms with E-state index in [0.29, 0.717) is 0 Å². The summed E-state index contributed by atoms with van der Waals surface area (Å²) in [5.41, 5.74) is 7.58. The van der Waals surface area contributed by atoms with Crippen molar-refractivity contribution in [1.82, 2.24) is 0 Å². The molecule has 1 aromatic carbocycles. The van der Waals surface area contributed by atoms with Crippen molar-refractivity contribution >= 4 is 22.7 Å². The summed E-state index contributed by atoms with van der Waals surface area (Å²) in [6.07, 6.45) is 1.09. The van der Waals surface area contributed by atoms with Crippen LogP contribution in [0.4, 0.5) is 11.4 Å². The van der Waals surface area contributed by atoms with Crippen molar-refractivity contribution in [3.05, 3.63) is 40.1 Å². The minimum absolute atomic E-state index is 0.739. The van der Waals surface area contributed by atoms with Crippen LogP contribution in [0.25, 0.3) is 0 Å². The fraction of sp³-hybridized carbons (Fsp3) is 0.286. The summed E-state index contributed by atoms with van der Waals surface area (Å²) in [5, 5.41) is 3.35. The van der Waals surface area contributed by atoms with Crippen LogP contribution < -0.4 is 15.8 Å². The fourth-order valence-corrected chi connectivity index (χ4v) is 2.60. The van der Waals surface area contributed by atoms with Gasteiger partial charge in [-0.1, -0.05) is 6.92 Å². The number of hydrogen-bond donors (Lipinski definition) is 2. The lowest BCUT2D eigenvalue weighted by molar-refractivity contribution is 0.415. The Morgan fingerprint density at radius 3 is 2.67 bits per heavy atom. The molecule has 1 heterocycles. The minimum Gasteiger partial charge on any atom is -0.497 e. The molecule has 0 spiro atoms. The van der Waals surface area contributed by atoms with Crippen molar-refractivity contribution in [1.29, 1.82) is 0 Å². The minimum atomic E-state index is 0.739. The fourth-order valence-electron chi connectivity index (χ4n) is 1.71. The number of aryl methyl sites for hydroxylation is 1. The van der Waals surface area contributed by atoms with Crippen molar-refractivity contribution in [2.24, 2.45) is 0 Å². The molecule has 96 valence electrons. The lowest BCUT2D eigenvalue weighted by Crippen LogP contribution is -2.01. The van der Waals surface area contributed by atoms with E-state index in [2.05, 4.69) is 24.4 Å². The number of nitrogen functional groups attached to an aromatic ring is 1. The Balaban J connectivity index is 2.05. The average molecular weight is 262 g/mol. The largest absolute Gasteiger partial charge is 0.497 e. The number of ether oxygens (including phenoxy) is 1. The molecule has 0 fully saturated rings. The zero-order valence-corrected chi connectivity index (χ0v) is 11.5. The first-order chi connectivity index (χ1) is 8.72. The summed E-state index contributed by atoms with van der Waals surface area (Å²) in [6, 6.07) is 9.97. The predicted octanol–water partition coefficient (Wildman–Crippen LogP) is 3.51. The second-order valence-corrected chi connectivity index (χ2v) is 5.28. The van der Waals surface area contributed by atoms with Crippen molar-refractivity contribution in [2.75, 3.05) is 18.2 Å². The summed E-state index contributed by atoms with van der Waals surface area (Å²) in [4.78, 5) is 2.72. The second kappa shape index (κ2) is 5.78. The van der Waals surface area contributed by atoms with Crippen LogP contribution in [0.2, 0.25) is 0 Å². The van der Waals surface area contributed by atoms with Gasteiger partial charge in [-0.05, 0) is 30.7 Å². The maximum atomic E-state index is 5.93. The van der Waals surface area contributed by atoms with Gasteiger partial charge in [0.2, 0.25) is 0 Å². The van der Waals surface area contributed by atoms with Crippen molar-refractivity contribution < 1.29 is 4.74 Å². The topological polar surface area (TPSA) is 47.3 Å². The van der Waals surface area contributed by atoms with Crippen molar-refractivity contribution in [3.8, 4) is 5.75 Å². The molecule has 3 nitrogen and oxygen atoms in total. The molecule has 1 aromatic heterocycles. The Bertz CT molecular complexity index is 522. The maximum absolute atomic E-state index is 5.93. The van der Waals surface area contributed by atoms with E-state index in [1.165, 1.54) is 9.75 Å². The zero-order valence-electron chi connectivity index (χ0n) is 10.7. The van der Waals surface area contributed by atoms with Gasteiger partial charge in [-0.25, -0.2) is 0 Å². The van der Waals surface area contributed by atoms with Crippen LogP contribution in [0.5, 0.6) is 5.75 Å². The molecule has 4 heteroatoms. The molecule has 2 aromatic rings. The normalized spacial score (nSPS) is 10.3. The molecule has 3 N–H and O–H groups in total. The van der Waals surface area contributed by atoms with Crippen LogP contribution in [0.3, 0.4) is 0 Å². The zero-order chi connectivity index (χ0) is 13.0. The number of methoxy groups -OCH3 is 1. The van der Waals surface area contributed by atoms with Crippen LogP contribution in [-0.4, -0.2) is 7.11 Å². The molecule has 0 atom stereocenters. The number of hydrogen-bond acceptors (Lipinski definition) is 4. The highest BCUT2D eigenvalue weighted by atomic mass is 32.1. The van der Waals surface area contributed by atoms with E-state index >= 15 is 0 Å². The molecule has 0 saturated carbocycles. The SMILES string of the molecule is CCc1ccc(CNc2cc(OC)ccc2N)s1. The van der Waals surface area contributed by atoms with E-state index in [-0.39, 0.29) is 0 Å². The monoisotopic (exact) mass is 262 g/mol. The Labute approximate surface area is 112 Å². The van der Waals surface area contributed by atoms with Crippen LogP contribution in [-0.2, 0) is 13.0 Å². The third-order valence-corrected chi connectivity index (χ3v) is 4.01. The third-order valence-electron chi connectivity index (χ3n) is 2.78. The Hall–Kier alpha value is -1.68. The maximum Gasteiger partial charge on any atom is 0.121 e. The third kappa shape index (κ3) is 2.96. The summed E-state index contributed by atoms with van der Waals surface area (Å²) >= 11 is 1.83. The Morgan fingerprint density at radius 1 is 1.22 bits per heavy atom. The predicted molar refractivity (Wildman–Crippen MR) is 78.4 cm³/mol. The quantitative estimate of drug-likeness (QED) is 0.811. The molecular formula is C14H18N2OS. The van der Waals surface area contributed by atoms with Crippen molar-refractivity contribution in [2.45, 2.75) is 19.9 Å². The molecule has 0 aliphatic rings. The highest BCUT2D eigenvalue weighted by Gasteiger charge is 2.03. The lowest BCUT2D eigenvalue weighted by Gasteiger charge is -2.10. The second-order valence-electron chi connectivity index (χ2n) is 4.03. The van der Waals surface area contributed by atoms with E-state index in [1.54, 1.807) is 7.11 Å². The first-order valence-corrected chi connectivity index (χ1v) is 6.79. The highest BCUT2D eigenvalue weighted by Crippen LogP contribution is 2.26. The van der Waals surface area contributed by atoms with Crippen LogP contribution in [0.15, 0.2) is 30.3 Å². The number of thiophene rings is 1. The summed E-state index contributed by atoms with van der Waals surface area (Å²) < 4.78 is 5.19. The molecule has 0 radical (unpaired) electrons. The summed E-state index contributed by atoms with van der Waals surface area (Å²) in [5.74, 6) is 0.812. The van der Waals surface area contributed by atoms with E-state index in [0.717, 1.165) is 30.1 Å². The first-order valence-electron chi connectivity index (χ1n) is 5.98. The smallest absolute Gasteiger partial charge is 0.121 e. The van der Waals surface area contributed by atoms with E-state index < -0.39 is 0 Å². The van der Waals surface area contributed by atoms with Crippen molar-refractivity contribution in [3.63, 3.8) is 0 Å². The van der Waals surface area contributed by atoms with Gasteiger partial charge in [-0.2, -0.15) is 0 Å². The van der Waals surface area contributed by atoms with Gasteiger partial charge >= 0.3 is 0 Å². The van der Waals surface area contributed by atoms with Gasteiger partial charge in [-0.15, -0.1) is 11.3 Å². The molecule has 0 unspecified atom stereocenters. The molecule has 0 aliphatic heterocycles. The number of anilines is 2. The molecule has 18 heavy (non-hydrogen) atoms. The number of nitrogens with one attached hydrogen (secondary N) is 1. The van der Waals surface area contributed by atoms with Gasteiger partial charge in [0.1, 0.15) is 5.75 Å². The highest BCUT2D eigenvalue weighted by molar-refractivity contribution is 7.12. The standard InChI is InChI=1S/C14H18N2OS/c1-3-11-5-6-12(18-11)9-16-14-8-10(17-2)4-7-13(14)15/h4-8,16H,3,9,15H2,1-2H3. The molecule has 0 saturated heterocycles. The van der Waals surface area contributed by atoms with E-state index in [1.807, 2.05) is 29.5 Å². The first kappa shape index (κ1) is 12.8. The average Bonchev–Trinajstić information content (AvgIpc) is 2.86. The van der Waals surface area contributed by atoms with Crippen LogP contribution in [0, 0.1) is 0 Å². The molecule has 0 amide bonds. The summed E-state index contributed by atoms with van der Waals surface area (Å²) in [6.45, 7) is 2.96. The van der Waals surface area contributed by atoms with Gasteiger partial charge < -0.3 is 15.8 Å². The Morgan fingerprint density at radius 2 is 2.00 bits per heavy atom. The number of benzene rings is 1. The Kier molecular flexibility index (Phi) is 4.10. The van der Waals surface area contributed by atoms with Gasteiger partial charge in [0.05, 0.1) is 18.5 Å². The van der Waals surface area contributed by atoms with E-state index in [4.69, 9.17) is 10.5 Å².